The van der Waals surface area contributed by atoms with E-state index in [0.29, 0.717) is 21.4 Å². The van der Waals surface area contributed by atoms with Gasteiger partial charge in [-0.05, 0) is 17.7 Å². The van der Waals surface area contributed by atoms with E-state index >= 15 is 0 Å². The third kappa shape index (κ3) is 2.54. The zero-order valence-corrected chi connectivity index (χ0v) is 11.9. The Morgan fingerprint density at radius 2 is 1.89 bits per heavy atom. The number of thioether (sulfide) groups is 1. The first kappa shape index (κ1) is 12.7. The molecule has 0 atom stereocenters. The van der Waals surface area contributed by atoms with Crippen LogP contribution in [-0.4, -0.2) is 19.9 Å². The third-order valence-corrected chi connectivity index (χ3v) is 4.33. The van der Waals surface area contributed by atoms with Crippen LogP contribution in [0.4, 0.5) is 0 Å². The molecule has 2 heterocycles. The molecule has 0 aliphatic rings. The zero-order chi connectivity index (χ0) is 13.2. The van der Waals surface area contributed by atoms with Gasteiger partial charge in [0.15, 0.2) is 5.65 Å². The molecule has 96 valence electrons. The lowest BCUT2D eigenvalue weighted by Crippen LogP contribution is -1.89. The number of halogens is 2. The van der Waals surface area contributed by atoms with Crippen LogP contribution in [0.15, 0.2) is 35.9 Å². The van der Waals surface area contributed by atoms with E-state index in [0.717, 1.165) is 16.1 Å². The summed E-state index contributed by atoms with van der Waals surface area (Å²) in [6.45, 7) is 0. The number of rotatable bonds is 3. The summed E-state index contributed by atoms with van der Waals surface area (Å²) >= 11 is 13.8. The molecule has 4 nitrogen and oxygen atoms in total. The van der Waals surface area contributed by atoms with E-state index in [-0.39, 0.29) is 0 Å². The van der Waals surface area contributed by atoms with E-state index in [2.05, 4.69) is 19.9 Å². The maximum Gasteiger partial charge on any atom is 0.181 e. The van der Waals surface area contributed by atoms with Gasteiger partial charge in [-0.3, -0.25) is 0 Å². The molecule has 0 aliphatic heterocycles. The second-order valence-electron chi connectivity index (χ2n) is 3.77. The lowest BCUT2D eigenvalue weighted by Gasteiger charge is -2.06. The Morgan fingerprint density at radius 3 is 2.68 bits per heavy atom. The second-order valence-corrected chi connectivity index (χ2v) is 5.55. The van der Waals surface area contributed by atoms with E-state index in [4.69, 9.17) is 23.2 Å². The van der Waals surface area contributed by atoms with E-state index in [1.54, 1.807) is 18.1 Å². The summed E-state index contributed by atoms with van der Waals surface area (Å²) in [4.78, 5) is 15.4. The Morgan fingerprint density at radius 1 is 1.11 bits per heavy atom. The van der Waals surface area contributed by atoms with Gasteiger partial charge in [-0.2, -0.15) is 0 Å². The van der Waals surface area contributed by atoms with Gasteiger partial charge in [-0.25, -0.2) is 15.0 Å². The summed E-state index contributed by atoms with van der Waals surface area (Å²) in [5.74, 6) is 0.643. The number of benzene rings is 1. The molecule has 2 aromatic heterocycles. The van der Waals surface area contributed by atoms with Crippen molar-refractivity contribution in [3.05, 3.63) is 46.5 Å². The number of hydrogen-bond donors (Lipinski definition) is 1. The van der Waals surface area contributed by atoms with Gasteiger partial charge in [-0.15, -0.1) is 0 Å². The molecule has 3 aromatic rings. The first-order valence-corrected chi connectivity index (χ1v) is 7.19. The summed E-state index contributed by atoms with van der Waals surface area (Å²) in [7, 11) is 0. The van der Waals surface area contributed by atoms with Crippen molar-refractivity contribution in [1.82, 2.24) is 19.9 Å². The summed E-state index contributed by atoms with van der Waals surface area (Å²) < 4.78 is 0. The number of fused-ring (bicyclic) bond motifs is 1. The lowest BCUT2D eigenvalue weighted by atomic mass is 10.2. The molecule has 0 amide bonds. The molecule has 1 aromatic carbocycles. The number of aromatic amines is 1. The van der Waals surface area contributed by atoms with Crippen molar-refractivity contribution in [3.63, 3.8) is 0 Å². The molecule has 0 spiro atoms. The van der Waals surface area contributed by atoms with Gasteiger partial charge in [0.05, 0.1) is 6.33 Å². The van der Waals surface area contributed by atoms with Gasteiger partial charge >= 0.3 is 0 Å². The summed E-state index contributed by atoms with van der Waals surface area (Å²) in [5.41, 5.74) is 2.39. The van der Waals surface area contributed by atoms with Crippen molar-refractivity contribution in [2.75, 3.05) is 0 Å². The van der Waals surface area contributed by atoms with Gasteiger partial charge in [0, 0.05) is 15.8 Å². The number of hydrogen-bond acceptors (Lipinski definition) is 4. The van der Waals surface area contributed by atoms with Crippen LogP contribution in [0.3, 0.4) is 0 Å². The molecule has 0 aliphatic carbocycles. The van der Waals surface area contributed by atoms with Crippen LogP contribution in [0, 0.1) is 0 Å². The number of nitrogens with zero attached hydrogens (tertiary/aromatic N) is 3. The molecule has 0 fully saturated rings. The molecule has 0 radical (unpaired) electrons. The third-order valence-electron chi connectivity index (χ3n) is 2.60. The second kappa shape index (κ2) is 5.36. The average Bonchev–Trinajstić information content (AvgIpc) is 2.87. The summed E-state index contributed by atoms with van der Waals surface area (Å²) in [5, 5.41) is 2.16. The van der Waals surface area contributed by atoms with Crippen LogP contribution in [0.5, 0.6) is 0 Å². The van der Waals surface area contributed by atoms with Crippen molar-refractivity contribution in [2.24, 2.45) is 0 Å². The molecule has 19 heavy (non-hydrogen) atoms. The largest absolute Gasteiger partial charge is 0.341 e. The van der Waals surface area contributed by atoms with Gasteiger partial charge < -0.3 is 4.98 Å². The van der Waals surface area contributed by atoms with Crippen LogP contribution < -0.4 is 0 Å². The summed E-state index contributed by atoms with van der Waals surface area (Å²) in [6, 6.07) is 5.49. The fraction of sp³-hybridized carbons (Fsp3) is 0.0833. The van der Waals surface area contributed by atoms with Crippen molar-refractivity contribution < 1.29 is 0 Å². The molecule has 1 N–H and O–H groups in total. The van der Waals surface area contributed by atoms with Crippen molar-refractivity contribution >= 4 is 46.1 Å². The maximum atomic E-state index is 6.14. The van der Waals surface area contributed by atoms with Crippen LogP contribution >= 0.6 is 35.0 Å². The highest BCUT2D eigenvalue weighted by Gasteiger charge is 2.10. The predicted octanol–water partition coefficient (Wildman–Crippen LogP) is 3.95. The number of nitrogens with one attached hydrogen (secondary N) is 1. The van der Waals surface area contributed by atoms with Crippen molar-refractivity contribution in [2.45, 2.75) is 10.8 Å². The SMILES string of the molecule is Clc1cccc(Cl)c1CSc1ncnc2nc[nH]c12. The highest BCUT2D eigenvalue weighted by atomic mass is 35.5. The minimum Gasteiger partial charge on any atom is -0.341 e. The molecule has 3 rings (SSSR count). The van der Waals surface area contributed by atoms with Crippen LogP contribution in [0.2, 0.25) is 10.0 Å². The van der Waals surface area contributed by atoms with Crippen LogP contribution in [0.1, 0.15) is 5.56 Å². The zero-order valence-electron chi connectivity index (χ0n) is 9.60. The quantitative estimate of drug-likeness (QED) is 0.588. The Balaban J connectivity index is 1.88. The molecular weight excluding hydrogens is 303 g/mol. The van der Waals surface area contributed by atoms with Gasteiger partial charge in [0.25, 0.3) is 0 Å². The number of aromatic nitrogens is 4. The fourth-order valence-corrected chi connectivity index (χ4v) is 3.36. The minimum absolute atomic E-state index is 0.643. The molecule has 0 unspecified atom stereocenters. The molecule has 7 heteroatoms. The standard InChI is InChI=1S/C12H8Cl2N4S/c13-8-2-1-3-9(14)7(8)4-19-12-10-11(16-5-15-10)17-6-18-12/h1-3,5-6H,4H2,(H,15,16,17,18). The monoisotopic (exact) mass is 310 g/mol. The molecular formula is C12H8Cl2N4S. The Bertz CT molecular complexity index is 708. The van der Waals surface area contributed by atoms with Gasteiger partial charge in [0.1, 0.15) is 16.9 Å². The first-order chi connectivity index (χ1) is 9.25. The Hall–Kier alpha value is -1.30. The number of H-pyrrole nitrogens is 1. The molecule has 0 saturated carbocycles. The van der Waals surface area contributed by atoms with E-state index in [1.165, 1.54) is 6.33 Å². The van der Waals surface area contributed by atoms with E-state index in [1.807, 2.05) is 18.2 Å². The highest BCUT2D eigenvalue weighted by Crippen LogP contribution is 2.32. The lowest BCUT2D eigenvalue weighted by molar-refractivity contribution is 1.08. The topological polar surface area (TPSA) is 54.5 Å². The van der Waals surface area contributed by atoms with Crippen LogP contribution in [-0.2, 0) is 5.75 Å². The van der Waals surface area contributed by atoms with Gasteiger partial charge in [-0.1, -0.05) is 41.0 Å². The first-order valence-electron chi connectivity index (χ1n) is 5.45. The number of imidazole rings is 1. The molecule has 0 bridgehead atoms. The van der Waals surface area contributed by atoms with Crippen LogP contribution in [0.25, 0.3) is 11.2 Å². The normalized spacial score (nSPS) is 11.1. The van der Waals surface area contributed by atoms with Crippen molar-refractivity contribution in [3.8, 4) is 0 Å². The fourth-order valence-electron chi connectivity index (χ4n) is 1.66. The maximum absolute atomic E-state index is 6.14. The summed E-state index contributed by atoms with van der Waals surface area (Å²) in [6.07, 6.45) is 3.10. The van der Waals surface area contributed by atoms with E-state index in [9.17, 15) is 0 Å². The minimum atomic E-state index is 0.643. The molecule has 0 saturated heterocycles. The van der Waals surface area contributed by atoms with Gasteiger partial charge in [0.2, 0.25) is 0 Å². The smallest absolute Gasteiger partial charge is 0.181 e. The average molecular weight is 311 g/mol. The Labute approximate surface area is 123 Å². The highest BCUT2D eigenvalue weighted by molar-refractivity contribution is 7.98. The predicted molar refractivity (Wildman–Crippen MR) is 77.7 cm³/mol. The Kier molecular flexibility index (Phi) is 3.59. The van der Waals surface area contributed by atoms with E-state index < -0.39 is 0 Å². The van der Waals surface area contributed by atoms with Crippen molar-refractivity contribution in [1.29, 1.82) is 0 Å².